The molecule has 0 spiro atoms. The van der Waals surface area contributed by atoms with E-state index in [0.29, 0.717) is 6.54 Å². The first-order chi connectivity index (χ1) is 8.08. The highest BCUT2D eigenvalue weighted by molar-refractivity contribution is 6.05. The van der Waals surface area contributed by atoms with E-state index in [2.05, 4.69) is 18.7 Å². The molecule has 98 valence electrons. The highest BCUT2D eigenvalue weighted by Crippen LogP contribution is 2.14. The van der Waals surface area contributed by atoms with E-state index in [0.717, 1.165) is 32.5 Å². The monoisotopic (exact) mass is 240 g/mol. The molecule has 0 N–H and O–H groups in total. The maximum Gasteiger partial charge on any atom is 0.230 e. The first-order valence-corrected chi connectivity index (χ1v) is 6.62. The van der Waals surface area contributed by atoms with E-state index >= 15 is 0 Å². The van der Waals surface area contributed by atoms with Crippen molar-refractivity contribution in [3.8, 4) is 0 Å². The summed E-state index contributed by atoms with van der Waals surface area (Å²) in [6.45, 7) is 9.92. The van der Waals surface area contributed by atoms with Gasteiger partial charge in [0.1, 0.15) is 0 Å². The Morgan fingerprint density at radius 3 is 2.41 bits per heavy atom. The molecule has 1 saturated heterocycles. The topological polar surface area (TPSA) is 40.6 Å². The zero-order chi connectivity index (χ0) is 12.8. The van der Waals surface area contributed by atoms with Crippen LogP contribution in [0.3, 0.4) is 0 Å². The van der Waals surface area contributed by atoms with Crippen molar-refractivity contribution >= 4 is 11.7 Å². The van der Waals surface area contributed by atoms with E-state index in [1.54, 1.807) is 4.90 Å². The molecule has 1 fully saturated rings. The van der Waals surface area contributed by atoms with E-state index in [4.69, 9.17) is 0 Å². The van der Waals surface area contributed by atoms with Gasteiger partial charge in [0.05, 0.1) is 13.0 Å². The molecular formula is C13H24N2O2. The van der Waals surface area contributed by atoms with Crippen LogP contribution in [0.5, 0.6) is 0 Å². The maximum absolute atomic E-state index is 11.5. The lowest BCUT2D eigenvalue weighted by Crippen LogP contribution is -2.35. The quantitative estimate of drug-likeness (QED) is 0.630. The summed E-state index contributed by atoms with van der Waals surface area (Å²) >= 11 is 0. The molecule has 4 heteroatoms. The summed E-state index contributed by atoms with van der Waals surface area (Å²) < 4.78 is 0. The fraction of sp³-hybridized carbons (Fsp3) is 0.846. The Bertz CT molecular complexity index is 275. The van der Waals surface area contributed by atoms with Crippen molar-refractivity contribution in [2.45, 2.75) is 46.1 Å². The molecule has 0 radical (unpaired) electrons. The Hall–Kier alpha value is -0.900. The minimum atomic E-state index is 0.00494. The number of amides is 1. The summed E-state index contributed by atoms with van der Waals surface area (Å²) in [5.41, 5.74) is 0. The first kappa shape index (κ1) is 14.2. The van der Waals surface area contributed by atoms with Gasteiger partial charge >= 0.3 is 0 Å². The molecule has 0 bridgehead atoms. The number of Topliss-reactive ketones (excluding diaryl/α,β-unsaturated/α-hetero) is 1. The Morgan fingerprint density at radius 2 is 1.94 bits per heavy atom. The fourth-order valence-corrected chi connectivity index (χ4v) is 2.31. The van der Waals surface area contributed by atoms with Crippen molar-refractivity contribution in [2.75, 3.05) is 26.2 Å². The third-order valence-corrected chi connectivity index (χ3v) is 3.54. The van der Waals surface area contributed by atoms with Gasteiger partial charge in [0.15, 0.2) is 5.78 Å². The van der Waals surface area contributed by atoms with Gasteiger partial charge in [0.25, 0.3) is 0 Å². The molecule has 0 aliphatic carbocycles. The number of likely N-dealkylation sites (tertiary alicyclic amines) is 1. The number of rotatable bonds is 7. The number of carbonyl (C=O) groups excluding carboxylic acids is 2. The molecular weight excluding hydrogens is 216 g/mol. The second-order valence-electron chi connectivity index (χ2n) is 4.76. The molecule has 0 aromatic heterocycles. The SMILES string of the molecule is CCN(CC)CCCC(C)N1CC(=O)CC1=O. The minimum absolute atomic E-state index is 0.00494. The average molecular weight is 240 g/mol. The van der Waals surface area contributed by atoms with Gasteiger partial charge in [-0.05, 0) is 39.4 Å². The Kier molecular flexibility index (Phi) is 5.62. The molecule has 0 saturated carbocycles. The molecule has 1 aliphatic rings. The molecule has 1 aliphatic heterocycles. The second-order valence-corrected chi connectivity index (χ2v) is 4.76. The number of hydrogen-bond acceptors (Lipinski definition) is 3. The summed E-state index contributed by atoms with van der Waals surface area (Å²) in [4.78, 5) is 26.8. The second kappa shape index (κ2) is 6.74. The van der Waals surface area contributed by atoms with Crippen molar-refractivity contribution in [1.29, 1.82) is 0 Å². The lowest BCUT2D eigenvalue weighted by atomic mass is 10.1. The lowest BCUT2D eigenvalue weighted by Gasteiger charge is -2.25. The van der Waals surface area contributed by atoms with Crippen molar-refractivity contribution in [2.24, 2.45) is 0 Å². The smallest absolute Gasteiger partial charge is 0.230 e. The Labute approximate surface area is 104 Å². The van der Waals surface area contributed by atoms with Gasteiger partial charge in [-0.25, -0.2) is 0 Å². The van der Waals surface area contributed by atoms with Gasteiger partial charge in [0, 0.05) is 6.04 Å². The molecule has 1 amide bonds. The fourth-order valence-electron chi connectivity index (χ4n) is 2.31. The van der Waals surface area contributed by atoms with Gasteiger partial charge in [-0.15, -0.1) is 0 Å². The van der Waals surface area contributed by atoms with Gasteiger partial charge < -0.3 is 9.80 Å². The number of nitrogens with zero attached hydrogens (tertiary/aromatic N) is 2. The van der Waals surface area contributed by atoms with Crippen LogP contribution in [0, 0.1) is 0 Å². The summed E-state index contributed by atoms with van der Waals surface area (Å²) in [6.07, 6.45) is 2.18. The van der Waals surface area contributed by atoms with Crippen LogP contribution in [0.2, 0.25) is 0 Å². The Morgan fingerprint density at radius 1 is 1.29 bits per heavy atom. The third kappa shape index (κ3) is 4.11. The van der Waals surface area contributed by atoms with Gasteiger partial charge in [0.2, 0.25) is 5.91 Å². The van der Waals surface area contributed by atoms with Crippen LogP contribution < -0.4 is 0 Å². The molecule has 1 atom stereocenters. The number of carbonyl (C=O) groups is 2. The third-order valence-electron chi connectivity index (χ3n) is 3.54. The van der Waals surface area contributed by atoms with Crippen LogP contribution in [0.1, 0.15) is 40.0 Å². The number of hydrogen-bond donors (Lipinski definition) is 0. The van der Waals surface area contributed by atoms with Crippen LogP contribution in [0.25, 0.3) is 0 Å². The molecule has 0 aromatic rings. The van der Waals surface area contributed by atoms with Crippen molar-refractivity contribution in [3.63, 3.8) is 0 Å². The Balaban J connectivity index is 2.27. The molecule has 4 nitrogen and oxygen atoms in total. The lowest BCUT2D eigenvalue weighted by molar-refractivity contribution is -0.129. The summed E-state index contributed by atoms with van der Waals surface area (Å²) in [5.74, 6) is 0.0657. The van der Waals surface area contributed by atoms with Gasteiger partial charge in [-0.3, -0.25) is 9.59 Å². The zero-order valence-electron chi connectivity index (χ0n) is 11.2. The maximum atomic E-state index is 11.5. The zero-order valence-corrected chi connectivity index (χ0v) is 11.2. The molecule has 17 heavy (non-hydrogen) atoms. The van der Waals surface area contributed by atoms with E-state index in [1.165, 1.54) is 0 Å². The summed E-state index contributed by atoms with van der Waals surface area (Å²) in [6, 6.07) is 0.199. The van der Waals surface area contributed by atoms with E-state index in [1.807, 2.05) is 6.92 Å². The molecule has 1 unspecified atom stereocenters. The summed E-state index contributed by atoms with van der Waals surface area (Å²) in [7, 11) is 0. The van der Waals surface area contributed by atoms with Crippen molar-refractivity contribution in [1.82, 2.24) is 9.80 Å². The highest BCUT2D eigenvalue weighted by Gasteiger charge is 2.30. The highest BCUT2D eigenvalue weighted by atomic mass is 16.2. The molecule has 1 rings (SSSR count). The minimum Gasteiger partial charge on any atom is -0.332 e. The van der Waals surface area contributed by atoms with E-state index in [9.17, 15) is 9.59 Å². The molecule has 1 heterocycles. The predicted octanol–water partition coefficient (Wildman–Crippen LogP) is 1.30. The molecule has 0 aromatic carbocycles. The summed E-state index contributed by atoms with van der Waals surface area (Å²) in [5, 5.41) is 0. The largest absolute Gasteiger partial charge is 0.332 e. The standard InChI is InChI=1S/C13H24N2O2/c1-4-14(5-2)8-6-7-11(3)15-10-12(16)9-13(15)17/h11H,4-10H2,1-3H3. The van der Waals surface area contributed by atoms with E-state index in [-0.39, 0.29) is 24.2 Å². The van der Waals surface area contributed by atoms with E-state index < -0.39 is 0 Å². The van der Waals surface area contributed by atoms with Crippen LogP contribution in [0.4, 0.5) is 0 Å². The van der Waals surface area contributed by atoms with Crippen LogP contribution in [0.15, 0.2) is 0 Å². The average Bonchev–Trinajstić information content (AvgIpc) is 2.64. The normalized spacial score (nSPS) is 18.2. The van der Waals surface area contributed by atoms with Gasteiger partial charge in [-0.2, -0.15) is 0 Å². The first-order valence-electron chi connectivity index (χ1n) is 6.62. The van der Waals surface area contributed by atoms with Gasteiger partial charge in [-0.1, -0.05) is 13.8 Å². The predicted molar refractivity (Wildman–Crippen MR) is 67.8 cm³/mol. The number of ketones is 1. The van der Waals surface area contributed by atoms with Crippen LogP contribution in [-0.2, 0) is 9.59 Å². The van der Waals surface area contributed by atoms with Crippen molar-refractivity contribution in [3.05, 3.63) is 0 Å². The van der Waals surface area contributed by atoms with Crippen molar-refractivity contribution < 1.29 is 9.59 Å². The van der Waals surface area contributed by atoms with Crippen LogP contribution >= 0.6 is 0 Å². The van der Waals surface area contributed by atoms with Crippen LogP contribution in [-0.4, -0.2) is 53.7 Å².